The number of aromatic nitrogens is 2. The lowest BCUT2D eigenvalue weighted by atomic mass is 10.1. The van der Waals surface area contributed by atoms with Crippen molar-refractivity contribution in [3.8, 4) is 11.3 Å². The van der Waals surface area contributed by atoms with Gasteiger partial charge in [0, 0.05) is 12.1 Å². The fourth-order valence-electron chi connectivity index (χ4n) is 1.88. The minimum absolute atomic E-state index is 0.104. The Kier molecular flexibility index (Phi) is 4.42. The molecule has 0 radical (unpaired) electrons. The summed E-state index contributed by atoms with van der Waals surface area (Å²) < 4.78 is 13.7. The fourth-order valence-corrected chi connectivity index (χ4v) is 1.88. The molecule has 7 heteroatoms. The summed E-state index contributed by atoms with van der Waals surface area (Å²) in [5.74, 6) is -0.281. The molecule has 0 amide bonds. The van der Waals surface area contributed by atoms with Gasteiger partial charge in [0.15, 0.2) is 5.69 Å². The first-order valence-electron chi connectivity index (χ1n) is 6.54. The third-order valence-electron chi connectivity index (χ3n) is 2.99. The van der Waals surface area contributed by atoms with E-state index in [-0.39, 0.29) is 17.2 Å². The number of hydrogen-bond donors (Lipinski definition) is 1. The van der Waals surface area contributed by atoms with Crippen molar-refractivity contribution in [3.05, 3.63) is 46.0 Å². The van der Waals surface area contributed by atoms with Crippen LogP contribution in [0.2, 0.25) is 0 Å². The topological polar surface area (TPSA) is 81.0 Å². The largest absolute Gasteiger partial charge is 0.364 e. The zero-order valence-electron chi connectivity index (χ0n) is 11.8. The van der Waals surface area contributed by atoms with E-state index in [1.54, 1.807) is 19.1 Å². The number of nitrogens with zero attached hydrogens (tertiary/aromatic N) is 3. The zero-order chi connectivity index (χ0) is 15.4. The summed E-state index contributed by atoms with van der Waals surface area (Å²) in [6.45, 7) is 4.12. The highest BCUT2D eigenvalue weighted by atomic mass is 19.1. The maximum Gasteiger partial charge on any atom is 0.337 e. The van der Waals surface area contributed by atoms with Crippen molar-refractivity contribution >= 4 is 11.5 Å². The standard InChI is InChI=1S/C14H15FN4O2/c1-3-6-16-14-13(19(20)21)12(17-8-18-14)10-5-4-9(2)11(15)7-10/h4-5,7-8H,3,6H2,1-2H3,(H,16,17,18). The molecule has 110 valence electrons. The van der Waals surface area contributed by atoms with Crippen molar-refractivity contribution in [1.82, 2.24) is 9.97 Å². The van der Waals surface area contributed by atoms with E-state index in [0.717, 1.165) is 6.42 Å². The van der Waals surface area contributed by atoms with E-state index in [1.165, 1.54) is 12.4 Å². The predicted octanol–water partition coefficient (Wildman–Crippen LogP) is 3.32. The van der Waals surface area contributed by atoms with Gasteiger partial charge < -0.3 is 5.32 Å². The molecule has 0 aliphatic carbocycles. The lowest BCUT2D eigenvalue weighted by Crippen LogP contribution is -2.07. The van der Waals surface area contributed by atoms with Crippen LogP contribution in [-0.2, 0) is 0 Å². The van der Waals surface area contributed by atoms with E-state index in [4.69, 9.17) is 0 Å². The van der Waals surface area contributed by atoms with Crippen molar-refractivity contribution in [1.29, 1.82) is 0 Å². The van der Waals surface area contributed by atoms with Crippen LogP contribution in [0.5, 0.6) is 0 Å². The maximum atomic E-state index is 13.7. The quantitative estimate of drug-likeness (QED) is 0.674. The van der Waals surface area contributed by atoms with Gasteiger partial charge >= 0.3 is 5.69 Å². The average Bonchev–Trinajstić information content (AvgIpc) is 2.47. The van der Waals surface area contributed by atoms with Crippen LogP contribution in [0.15, 0.2) is 24.5 Å². The Labute approximate surface area is 121 Å². The number of rotatable bonds is 5. The van der Waals surface area contributed by atoms with Gasteiger partial charge in [-0.3, -0.25) is 10.1 Å². The number of hydrogen-bond acceptors (Lipinski definition) is 5. The molecular weight excluding hydrogens is 275 g/mol. The van der Waals surface area contributed by atoms with Crippen molar-refractivity contribution in [2.45, 2.75) is 20.3 Å². The van der Waals surface area contributed by atoms with Gasteiger partial charge in [0.25, 0.3) is 0 Å². The van der Waals surface area contributed by atoms with Gasteiger partial charge in [-0.1, -0.05) is 19.1 Å². The first-order valence-corrected chi connectivity index (χ1v) is 6.54. The monoisotopic (exact) mass is 290 g/mol. The molecule has 0 saturated heterocycles. The molecule has 6 nitrogen and oxygen atoms in total. The molecule has 21 heavy (non-hydrogen) atoms. The van der Waals surface area contributed by atoms with E-state index >= 15 is 0 Å². The molecule has 1 aromatic carbocycles. The van der Waals surface area contributed by atoms with Gasteiger partial charge in [-0.05, 0) is 25.0 Å². The van der Waals surface area contributed by atoms with Crippen molar-refractivity contribution < 1.29 is 9.31 Å². The summed E-state index contributed by atoms with van der Waals surface area (Å²) in [7, 11) is 0. The van der Waals surface area contributed by atoms with Gasteiger partial charge in [-0.25, -0.2) is 14.4 Å². The lowest BCUT2D eigenvalue weighted by Gasteiger charge is -2.08. The highest BCUT2D eigenvalue weighted by molar-refractivity contribution is 5.76. The van der Waals surface area contributed by atoms with E-state index in [0.29, 0.717) is 17.7 Å². The van der Waals surface area contributed by atoms with Crippen LogP contribution in [0, 0.1) is 22.9 Å². The smallest absolute Gasteiger partial charge is 0.337 e. The Hall–Kier alpha value is -2.57. The normalized spacial score (nSPS) is 10.4. The predicted molar refractivity (Wildman–Crippen MR) is 77.6 cm³/mol. The molecular formula is C14H15FN4O2. The summed E-state index contributed by atoms with van der Waals surface area (Å²) in [6, 6.07) is 4.42. The molecule has 0 bridgehead atoms. The maximum absolute atomic E-state index is 13.7. The Morgan fingerprint density at radius 1 is 1.38 bits per heavy atom. The Morgan fingerprint density at radius 2 is 2.14 bits per heavy atom. The third-order valence-corrected chi connectivity index (χ3v) is 2.99. The summed E-state index contributed by atoms with van der Waals surface area (Å²) in [4.78, 5) is 18.6. The first kappa shape index (κ1) is 14.8. The van der Waals surface area contributed by atoms with E-state index < -0.39 is 10.7 Å². The van der Waals surface area contributed by atoms with Crippen LogP contribution >= 0.6 is 0 Å². The highest BCUT2D eigenvalue weighted by Crippen LogP contribution is 2.33. The molecule has 0 fully saturated rings. The Bertz CT molecular complexity index is 676. The minimum atomic E-state index is -0.551. The number of aryl methyl sites for hydroxylation is 1. The molecule has 1 heterocycles. The van der Waals surface area contributed by atoms with E-state index in [1.807, 2.05) is 6.92 Å². The van der Waals surface area contributed by atoms with Gasteiger partial charge in [-0.2, -0.15) is 0 Å². The van der Waals surface area contributed by atoms with Gasteiger partial charge in [0.2, 0.25) is 5.82 Å². The Morgan fingerprint density at radius 3 is 2.76 bits per heavy atom. The number of nitro groups is 1. The molecule has 1 aromatic heterocycles. The molecule has 0 atom stereocenters. The van der Waals surface area contributed by atoms with Crippen molar-refractivity contribution in [3.63, 3.8) is 0 Å². The van der Waals surface area contributed by atoms with Crippen LogP contribution in [0.25, 0.3) is 11.3 Å². The van der Waals surface area contributed by atoms with Crippen LogP contribution in [0.1, 0.15) is 18.9 Å². The molecule has 0 aliphatic heterocycles. The number of benzene rings is 1. The Balaban J connectivity index is 2.56. The third kappa shape index (κ3) is 3.13. The molecule has 0 aliphatic rings. The molecule has 0 saturated carbocycles. The number of halogens is 1. The summed E-state index contributed by atoms with van der Waals surface area (Å²) in [5.41, 5.74) is 0.688. The second kappa shape index (κ2) is 6.25. The lowest BCUT2D eigenvalue weighted by molar-refractivity contribution is -0.383. The summed E-state index contributed by atoms with van der Waals surface area (Å²) in [5, 5.41) is 14.2. The highest BCUT2D eigenvalue weighted by Gasteiger charge is 2.24. The second-order valence-electron chi connectivity index (χ2n) is 4.57. The SMILES string of the molecule is CCCNc1ncnc(-c2ccc(C)c(F)c2)c1[N+](=O)[O-]. The zero-order valence-corrected chi connectivity index (χ0v) is 11.8. The minimum Gasteiger partial charge on any atom is -0.364 e. The first-order chi connectivity index (χ1) is 10.0. The molecule has 1 N–H and O–H groups in total. The molecule has 0 spiro atoms. The van der Waals surface area contributed by atoms with Crippen LogP contribution in [-0.4, -0.2) is 21.4 Å². The number of nitrogens with one attached hydrogen (secondary N) is 1. The van der Waals surface area contributed by atoms with Gasteiger partial charge in [0.1, 0.15) is 12.1 Å². The van der Waals surface area contributed by atoms with Crippen LogP contribution in [0.3, 0.4) is 0 Å². The second-order valence-corrected chi connectivity index (χ2v) is 4.57. The molecule has 2 aromatic rings. The van der Waals surface area contributed by atoms with E-state index in [9.17, 15) is 14.5 Å². The average molecular weight is 290 g/mol. The summed E-state index contributed by atoms with van der Waals surface area (Å²) in [6.07, 6.45) is 2.04. The number of anilines is 1. The van der Waals surface area contributed by atoms with E-state index in [2.05, 4.69) is 15.3 Å². The van der Waals surface area contributed by atoms with Crippen molar-refractivity contribution in [2.75, 3.05) is 11.9 Å². The van der Waals surface area contributed by atoms with Crippen molar-refractivity contribution in [2.24, 2.45) is 0 Å². The van der Waals surface area contributed by atoms with Gasteiger partial charge in [0.05, 0.1) is 4.92 Å². The van der Waals surface area contributed by atoms with Crippen LogP contribution < -0.4 is 5.32 Å². The van der Waals surface area contributed by atoms with Gasteiger partial charge in [-0.15, -0.1) is 0 Å². The fraction of sp³-hybridized carbons (Fsp3) is 0.286. The molecule has 0 unspecified atom stereocenters. The molecule has 2 rings (SSSR count). The van der Waals surface area contributed by atoms with Crippen LogP contribution in [0.4, 0.5) is 15.9 Å². The summed E-state index contributed by atoms with van der Waals surface area (Å²) >= 11 is 0.